The molecule has 2 N–H and O–H groups in total. The highest BCUT2D eigenvalue weighted by molar-refractivity contribution is 6.31. The summed E-state index contributed by atoms with van der Waals surface area (Å²) in [5.41, 5.74) is 6.12. The zero-order chi connectivity index (χ0) is 29.6. The molecule has 1 fully saturated rings. The van der Waals surface area contributed by atoms with Crippen molar-refractivity contribution >= 4 is 17.3 Å². The Kier molecular flexibility index (Phi) is 5.55. The number of benzene rings is 2. The Bertz CT molecular complexity index is 2020. The average Bonchev–Trinajstić information content (AvgIpc) is 3.30. The van der Waals surface area contributed by atoms with Gasteiger partial charge in [-0.25, -0.2) is 9.67 Å². The Hall–Kier alpha value is -4.64. The van der Waals surface area contributed by atoms with Crippen LogP contribution in [0.1, 0.15) is 47.6 Å². The fourth-order valence-electron chi connectivity index (χ4n) is 6.47. The standard InChI is InChI=1S/C31H23ClF3N7O/c1-15-2-3-16-8-17(4-6-23(16)37-15)24-13-36-30(38-24)29-22-12-21(22)26-9-18(10-28(43)42(26)29)20-11-19(32)5-7-25(20)41-14-27(39-40-41)31(33,34)35/h4-11,13-14,21-22,29,37H,1-3,12H2,(H,36,38). The van der Waals surface area contributed by atoms with E-state index in [-0.39, 0.29) is 23.4 Å². The van der Waals surface area contributed by atoms with Crippen molar-refractivity contribution < 1.29 is 13.2 Å². The molecule has 12 heteroatoms. The molecule has 3 atom stereocenters. The third kappa shape index (κ3) is 4.29. The van der Waals surface area contributed by atoms with Gasteiger partial charge in [-0.15, -0.1) is 5.10 Å². The Balaban J connectivity index is 1.15. The van der Waals surface area contributed by atoms with E-state index in [4.69, 9.17) is 16.6 Å². The van der Waals surface area contributed by atoms with Gasteiger partial charge < -0.3 is 14.9 Å². The Morgan fingerprint density at radius 1 is 1.05 bits per heavy atom. The van der Waals surface area contributed by atoms with E-state index >= 15 is 0 Å². The number of halogens is 4. The molecular formula is C31H23ClF3N7O. The quantitative estimate of drug-likeness (QED) is 0.238. The van der Waals surface area contributed by atoms with Crippen molar-refractivity contribution in [1.29, 1.82) is 0 Å². The van der Waals surface area contributed by atoms with E-state index in [0.29, 0.717) is 21.8 Å². The molecule has 216 valence electrons. The number of alkyl halides is 3. The molecule has 5 aromatic rings. The van der Waals surface area contributed by atoms with Gasteiger partial charge in [-0.05, 0) is 78.3 Å². The van der Waals surface area contributed by atoms with Crippen molar-refractivity contribution in [2.24, 2.45) is 5.92 Å². The summed E-state index contributed by atoms with van der Waals surface area (Å²) in [6.07, 6.45) is 0.727. The third-order valence-corrected chi connectivity index (χ3v) is 8.84. The maximum absolute atomic E-state index is 13.7. The second-order valence-electron chi connectivity index (χ2n) is 11.3. The van der Waals surface area contributed by atoms with Crippen molar-refractivity contribution in [2.45, 2.75) is 37.4 Å². The van der Waals surface area contributed by atoms with Crippen LogP contribution >= 0.6 is 11.6 Å². The van der Waals surface area contributed by atoms with Gasteiger partial charge in [0.1, 0.15) is 5.82 Å². The Morgan fingerprint density at radius 2 is 1.91 bits per heavy atom. The molecule has 0 radical (unpaired) electrons. The molecule has 8 rings (SSSR count). The highest BCUT2D eigenvalue weighted by Crippen LogP contribution is 2.60. The maximum Gasteiger partial charge on any atom is 0.436 e. The van der Waals surface area contributed by atoms with Gasteiger partial charge in [-0.3, -0.25) is 4.79 Å². The first-order valence-corrected chi connectivity index (χ1v) is 14.2. The van der Waals surface area contributed by atoms with Crippen LogP contribution in [0, 0.1) is 5.92 Å². The van der Waals surface area contributed by atoms with Gasteiger partial charge in [0.2, 0.25) is 0 Å². The summed E-state index contributed by atoms with van der Waals surface area (Å²) in [6, 6.07) is 14.2. The lowest BCUT2D eigenvalue weighted by molar-refractivity contribution is -0.141. The number of aromatic nitrogens is 6. The van der Waals surface area contributed by atoms with Crippen LogP contribution in [-0.2, 0) is 12.6 Å². The first-order chi connectivity index (χ1) is 20.6. The van der Waals surface area contributed by atoms with E-state index < -0.39 is 11.9 Å². The van der Waals surface area contributed by atoms with Crippen molar-refractivity contribution in [3.05, 3.63) is 111 Å². The van der Waals surface area contributed by atoms with Crippen LogP contribution in [0.3, 0.4) is 0 Å². The summed E-state index contributed by atoms with van der Waals surface area (Å²) in [5, 5.41) is 10.7. The molecular weight excluding hydrogens is 579 g/mol. The molecule has 8 nitrogen and oxygen atoms in total. The van der Waals surface area contributed by atoms with Crippen LogP contribution in [0.2, 0.25) is 5.02 Å². The topological polar surface area (TPSA) is 93.4 Å². The second-order valence-corrected chi connectivity index (χ2v) is 11.8. The molecule has 0 saturated heterocycles. The van der Waals surface area contributed by atoms with Crippen LogP contribution in [0.5, 0.6) is 0 Å². The van der Waals surface area contributed by atoms with Gasteiger partial charge in [-0.1, -0.05) is 29.5 Å². The molecule has 3 aromatic heterocycles. The van der Waals surface area contributed by atoms with Crippen molar-refractivity contribution in [3.63, 3.8) is 0 Å². The molecule has 43 heavy (non-hydrogen) atoms. The second kappa shape index (κ2) is 9.18. The summed E-state index contributed by atoms with van der Waals surface area (Å²) in [6.45, 7) is 4.03. The van der Waals surface area contributed by atoms with Crippen LogP contribution in [0.15, 0.2) is 78.0 Å². The number of aromatic amines is 1. The lowest BCUT2D eigenvalue weighted by Crippen LogP contribution is -2.26. The highest BCUT2D eigenvalue weighted by Gasteiger charge is 2.54. The zero-order valence-electron chi connectivity index (χ0n) is 22.5. The molecule has 2 aliphatic heterocycles. The van der Waals surface area contributed by atoms with E-state index in [1.54, 1.807) is 22.8 Å². The number of rotatable bonds is 4. The molecule has 1 aliphatic carbocycles. The van der Waals surface area contributed by atoms with Crippen LogP contribution in [0.4, 0.5) is 18.9 Å². The number of allylic oxidation sites excluding steroid dienone is 1. The predicted molar refractivity (Wildman–Crippen MR) is 155 cm³/mol. The lowest BCUT2D eigenvalue weighted by Gasteiger charge is -2.20. The van der Waals surface area contributed by atoms with Gasteiger partial charge in [0.25, 0.3) is 5.56 Å². The molecule has 3 aliphatic rings. The molecule has 3 unspecified atom stereocenters. The largest absolute Gasteiger partial charge is 0.436 e. The number of fused-ring (bicyclic) bond motifs is 4. The fraction of sp³-hybridized carbons (Fsp3) is 0.226. The van der Waals surface area contributed by atoms with E-state index in [1.165, 1.54) is 11.6 Å². The number of aryl methyl sites for hydroxylation is 1. The SMILES string of the molecule is C=C1CCc2cc(-c3cnc(C4C5CC5c5cc(-c6cc(Cl)ccc6-n6cc(C(F)(F)F)nn6)cc(=O)n54)[nH]3)ccc2N1. The molecule has 0 spiro atoms. The average molecular weight is 602 g/mol. The van der Waals surface area contributed by atoms with Crippen LogP contribution in [0.25, 0.3) is 28.1 Å². The summed E-state index contributed by atoms with van der Waals surface area (Å²) < 4.78 is 42.5. The van der Waals surface area contributed by atoms with Crippen molar-refractivity contribution in [3.8, 4) is 28.1 Å². The molecule has 5 heterocycles. The number of imidazole rings is 1. The minimum Gasteiger partial charge on any atom is -0.359 e. The van der Waals surface area contributed by atoms with Gasteiger partial charge >= 0.3 is 6.18 Å². The molecule has 2 aromatic carbocycles. The van der Waals surface area contributed by atoms with E-state index in [9.17, 15) is 18.0 Å². The Labute approximate surface area is 247 Å². The third-order valence-electron chi connectivity index (χ3n) is 8.60. The minimum atomic E-state index is -4.63. The van der Waals surface area contributed by atoms with Gasteiger partial charge in [-0.2, -0.15) is 13.2 Å². The van der Waals surface area contributed by atoms with Gasteiger partial charge in [0, 0.05) is 39.6 Å². The monoisotopic (exact) mass is 601 g/mol. The van der Waals surface area contributed by atoms with Crippen molar-refractivity contribution in [2.75, 3.05) is 5.32 Å². The first kappa shape index (κ1) is 26.0. The zero-order valence-corrected chi connectivity index (χ0v) is 23.2. The number of nitrogens with one attached hydrogen (secondary N) is 2. The van der Waals surface area contributed by atoms with Crippen LogP contribution in [-0.4, -0.2) is 29.5 Å². The number of hydrogen-bond acceptors (Lipinski definition) is 5. The first-order valence-electron chi connectivity index (χ1n) is 13.8. The number of anilines is 1. The van der Waals surface area contributed by atoms with Gasteiger partial charge in [0.05, 0.1) is 29.8 Å². The smallest absolute Gasteiger partial charge is 0.359 e. The number of H-pyrrole nitrogens is 1. The lowest BCUT2D eigenvalue weighted by atomic mass is 9.98. The molecule has 1 saturated carbocycles. The molecule has 0 bridgehead atoms. The van der Waals surface area contributed by atoms with Crippen molar-refractivity contribution in [1.82, 2.24) is 29.5 Å². The predicted octanol–water partition coefficient (Wildman–Crippen LogP) is 6.74. The number of hydrogen-bond donors (Lipinski definition) is 2. The normalized spacial score (nSPS) is 20.4. The summed E-state index contributed by atoms with van der Waals surface area (Å²) in [5.74, 6) is 1.13. The van der Waals surface area contributed by atoms with Gasteiger partial charge in [0.15, 0.2) is 5.69 Å². The number of pyridine rings is 1. The van der Waals surface area contributed by atoms with Crippen LogP contribution < -0.4 is 10.9 Å². The highest BCUT2D eigenvalue weighted by atomic mass is 35.5. The fourth-order valence-corrected chi connectivity index (χ4v) is 6.64. The van der Waals surface area contributed by atoms with E-state index in [0.717, 1.165) is 64.3 Å². The van der Waals surface area contributed by atoms with E-state index in [1.807, 2.05) is 18.3 Å². The summed E-state index contributed by atoms with van der Waals surface area (Å²) >= 11 is 6.30. The number of nitrogens with zero attached hydrogens (tertiary/aromatic N) is 5. The van der Waals surface area contributed by atoms with E-state index in [2.05, 4.69) is 39.3 Å². The minimum absolute atomic E-state index is 0.181. The summed E-state index contributed by atoms with van der Waals surface area (Å²) in [7, 11) is 0. The maximum atomic E-state index is 13.7. The summed E-state index contributed by atoms with van der Waals surface area (Å²) in [4.78, 5) is 21.9. The Morgan fingerprint density at radius 3 is 2.72 bits per heavy atom. The molecule has 0 amide bonds.